The molecule has 3 N–H and O–H groups in total. The predicted octanol–water partition coefficient (Wildman–Crippen LogP) is 6.33. The molecule has 0 unspecified atom stereocenters. The van der Waals surface area contributed by atoms with E-state index in [-0.39, 0.29) is 29.2 Å². The summed E-state index contributed by atoms with van der Waals surface area (Å²) in [5, 5.41) is 8.82. The average Bonchev–Trinajstić information content (AvgIpc) is 3.93. The van der Waals surface area contributed by atoms with Crippen LogP contribution in [-0.2, 0) is 35.4 Å². The maximum atomic E-state index is 12.4. The lowest BCUT2D eigenvalue weighted by Crippen LogP contribution is -2.27. The van der Waals surface area contributed by atoms with Crippen molar-refractivity contribution in [2.75, 3.05) is 22.9 Å². The molecule has 0 radical (unpaired) electrons. The second-order valence-electron chi connectivity index (χ2n) is 13.7. The van der Waals surface area contributed by atoms with E-state index in [0.29, 0.717) is 38.8 Å². The highest BCUT2D eigenvalue weighted by atomic mass is 16.4. The number of carbonyl (C=O) groups excluding carboxylic acids is 3. The normalized spacial score (nSPS) is 12.3. The van der Waals surface area contributed by atoms with Crippen molar-refractivity contribution in [3.8, 4) is 22.3 Å². The number of amides is 2. The minimum Gasteiger partial charge on any atom is -0.475 e. The van der Waals surface area contributed by atoms with Crippen LogP contribution in [0.2, 0.25) is 0 Å². The number of fused-ring (bicyclic) bond motifs is 2. The van der Waals surface area contributed by atoms with Gasteiger partial charge in [-0.15, -0.1) is 0 Å². The van der Waals surface area contributed by atoms with Gasteiger partial charge in [0.15, 0.2) is 11.6 Å². The lowest BCUT2D eigenvalue weighted by Gasteiger charge is -2.16. The van der Waals surface area contributed by atoms with E-state index in [0.717, 1.165) is 75.3 Å². The Morgan fingerprint density at radius 1 is 0.627 bits per heavy atom. The number of aromatic carboxylic acids is 1. The molecule has 0 fully saturated rings. The molecule has 0 spiro atoms. The zero-order valence-corrected chi connectivity index (χ0v) is 33.0. The summed E-state index contributed by atoms with van der Waals surface area (Å²) < 4.78 is 0. The van der Waals surface area contributed by atoms with Gasteiger partial charge in [0.05, 0.1) is 0 Å². The predicted molar refractivity (Wildman–Crippen MR) is 224 cm³/mol. The summed E-state index contributed by atoms with van der Waals surface area (Å²) in [4.78, 5) is 74.9. The number of nitrogens with two attached hydrogens (primary N) is 1. The first-order valence-corrected chi connectivity index (χ1v) is 19.4. The van der Waals surface area contributed by atoms with E-state index >= 15 is 0 Å². The van der Waals surface area contributed by atoms with Gasteiger partial charge in [0.2, 0.25) is 17.6 Å². The highest BCUT2D eigenvalue weighted by molar-refractivity contribution is 5.97. The number of carboxylic acid groups (broad SMARTS) is 1. The maximum Gasteiger partial charge on any atom is 0.373 e. The van der Waals surface area contributed by atoms with E-state index < -0.39 is 5.97 Å². The van der Waals surface area contributed by atoms with Crippen molar-refractivity contribution in [1.82, 2.24) is 29.9 Å². The van der Waals surface area contributed by atoms with Crippen LogP contribution in [0.25, 0.3) is 22.3 Å². The monoisotopic (exact) mass is 791 g/mol. The third-order valence-electron chi connectivity index (χ3n) is 9.89. The summed E-state index contributed by atoms with van der Waals surface area (Å²) >= 11 is 0. The highest BCUT2D eigenvalue weighted by Gasteiger charge is 2.25. The molecular formula is C45H45N9O5. The summed E-state index contributed by atoms with van der Waals surface area (Å²) in [6.07, 6.45) is 17.0. The molecule has 2 aromatic carbocycles. The van der Waals surface area contributed by atoms with Gasteiger partial charge in [-0.25, -0.2) is 24.7 Å². The third-order valence-corrected chi connectivity index (χ3v) is 9.89. The Balaban J connectivity index is 0.000000171. The molecule has 0 bridgehead atoms. The van der Waals surface area contributed by atoms with Crippen LogP contribution in [0.3, 0.4) is 0 Å². The molecule has 14 heteroatoms. The molecule has 4 aromatic heterocycles. The van der Waals surface area contributed by atoms with Gasteiger partial charge in [-0.1, -0.05) is 38.1 Å². The zero-order valence-electron chi connectivity index (χ0n) is 33.0. The van der Waals surface area contributed by atoms with Crippen molar-refractivity contribution >= 4 is 34.9 Å². The van der Waals surface area contributed by atoms with E-state index in [9.17, 15) is 19.2 Å². The van der Waals surface area contributed by atoms with Gasteiger partial charge in [0.1, 0.15) is 0 Å². The van der Waals surface area contributed by atoms with Gasteiger partial charge in [-0.3, -0.25) is 24.4 Å². The molecule has 0 aliphatic carbocycles. The number of rotatable bonds is 10. The molecule has 2 aliphatic heterocycles. The number of aryl methyl sites for hydroxylation is 1. The van der Waals surface area contributed by atoms with Crippen LogP contribution in [-0.4, -0.2) is 71.7 Å². The second-order valence-corrected chi connectivity index (χ2v) is 13.7. The molecule has 14 nitrogen and oxygen atoms in total. The van der Waals surface area contributed by atoms with E-state index in [1.807, 2.05) is 78.2 Å². The Bertz CT molecular complexity index is 2390. The number of benzene rings is 2. The number of pyridine rings is 2. The Hall–Kier alpha value is -7.06. The number of carbonyl (C=O) groups is 4. The van der Waals surface area contributed by atoms with E-state index in [1.165, 1.54) is 12.4 Å². The fourth-order valence-corrected chi connectivity index (χ4v) is 6.71. The van der Waals surface area contributed by atoms with Crippen LogP contribution in [0.1, 0.15) is 76.6 Å². The summed E-state index contributed by atoms with van der Waals surface area (Å²) in [6, 6.07) is 19.5. The van der Waals surface area contributed by atoms with E-state index in [4.69, 9.17) is 10.8 Å². The quantitative estimate of drug-likeness (QED) is 0.146. The zero-order chi connectivity index (χ0) is 41.7. The van der Waals surface area contributed by atoms with Gasteiger partial charge < -0.3 is 20.6 Å². The molecule has 0 saturated heterocycles. The number of Topliss-reactive ketones (excluding diaryl/α,β-unsaturated/α-hetero) is 1. The maximum absolute atomic E-state index is 12.4. The van der Waals surface area contributed by atoms with E-state index in [1.54, 1.807) is 37.2 Å². The van der Waals surface area contributed by atoms with Crippen LogP contribution >= 0.6 is 0 Å². The van der Waals surface area contributed by atoms with Gasteiger partial charge in [-0.2, -0.15) is 0 Å². The van der Waals surface area contributed by atoms with Crippen molar-refractivity contribution in [3.63, 3.8) is 0 Å². The fraction of sp³-hybridized carbons (Fsp3) is 0.244. The van der Waals surface area contributed by atoms with Gasteiger partial charge in [-0.05, 0) is 89.0 Å². The first kappa shape index (κ1) is 41.6. The molecule has 2 aliphatic rings. The number of nitrogens with zero attached hydrogens (tertiary/aromatic N) is 8. The molecule has 59 heavy (non-hydrogen) atoms. The number of carboxylic acids is 1. The standard InChI is InChI=1S/C23H22N4O2.C16H15N3O3.C6H8N2/c1-2-22(29)27-11-9-18-12-17(6-7-20(18)27)19-14-25-23(26-15-19)21(28)8-5-16-4-3-10-24-13-16;1-2-14(20)19-6-5-11-7-10(3-4-13(11)19)12-8-17-15(16(21)22)18-9-12;7-4-6-2-1-3-8-5-6/h3-4,6-7,10,12-15H,2,5,8-9,11H2,1H3;3-4,7-9H,2,5-6H2,1H3,(H,21,22);1-3,5H,4,7H2. The smallest absolute Gasteiger partial charge is 0.373 e. The highest BCUT2D eigenvalue weighted by Crippen LogP contribution is 2.34. The molecule has 0 saturated carbocycles. The topological polar surface area (TPSA) is 198 Å². The summed E-state index contributed by atoms with van der Waals surface area (Å²) in [7, 11) is 0. The Morgan fingerprint density at radius 3 is 1.51 bits per heavy atom. The van der Waals surface area contributed by atoms with Crippen LogP contribution in [0.4, 0.5) is 11.4 Å². The van der Waals surface area contributed by atoms with Crippen LogP contribution < -0.4 is 15.5 Å². The minimum atomic E-state index is -1.14. The molecule has 0 atom stereocenters. The second kappa shape index (κ2) is 19.9. The van der Waals surface area contributed by atoms with Gasteiger partial charge >= 0.3 is 5.97 Å². The first-order chi connectivity index (χ1) is 28.7. The molecular weight excluding hydrogens is 747 g/mol. The fourth-order valence-electron chi connectivity index (χ4n) is 6.71. The van der Waals surface area contributed by atoms with Crippen molar-refractivity contribution in [2.45, 2.75) is 58.9 Å². The van der Waals surface area contributed by atoms with Crippen LogP contribution in [0.15, 0.2) is 110 Å². The van der Waals surface area contributed by atoms with Crippen LogP contribution in [0, 0.1) is 0 Å². The summed E-state index contributed by atoms with van der Waals surface area (Å²) in [5.74, 6) is -0.935. The molecule has 2 amide bonds. The Morgan fingerprint density at radius 2 is 1.10 bits per heavy atom. The lowest BCUT2D eigenvalue weighted by molar-refractivity contribution is -0.119. The van der Waals surface area contributed by atoms with E-state index in [2.05, 4.69) is 36.0 Å². The summed E-state index contributed by atoms with van der Waals surface area (Å²) in [5.41, 5.74) is 15.1. The number of anilines is 2. The minimum absolute atomic E-state index is 0.0805. The van der Waals surface area contributed by atoms with Gasteiger partial charge in [0, 0.05) is 111 Å². The van der Waals surface area contributed by atoms with Crippen molar-refractivity contribution in [2.24, 2.45) is 5.73 Å². The van der Waals surface area contributed by atoms with Gasteiger partial charge in [0.25, 0.3) is 0 Å². The average molecular weight is 792 g/mol. The first-order valence-electron chi connectivity index (χ1n) is 19.4. The van der Waals surface area contributed by atoms with Crippen molar-refractivity contribution in [1.29, 1.82) is 0 Å². The molecule has 6 heterocycles. The third kappa shape index (κ3) is 10.5. The Kier molecular flexibility index (Phi) is 14.0. The van der Waals surface area contributed by atoms with Crippen molar-refractivity contribution in [3.05, 3.63) is 144 Å². The van der Waals surface area contributed by atoms with Crippen molar-refractivity contribution < 1.29 is 24.3 Å². The summed E-state index contributed by atoms with van der Waals surface area (Å²) in [6.45, 7) is 5.75. The Labute approximate surface area is 342 Å². The molecule has 300 valence electrons. The largest absolute Gasteiger partial charge is 0.475 e. The van der Waals surface area contributed by atoms with Crippen LogP contribution in [0.5, 0.6) is 0 Å². The molecule has 8 rings (SSSR count). The number of aromatic nitrogens is 6. The number of ketones is 1. The lowest BCUT2D eigenvalue weighted by atomic mass is 10.0. The SMILES string of the molecule is CCC(=O)N1CCc2cc(-c3cnc(C(=O)CCc4cccnc4)nc3)ccc21.CCC(=O)N1CCc2cc(-c3cnc(C(=O)O)nc3)ccc21.NCc1cccnc1. The molecule has 6 aromatic rings. The number of hydrogen-bond donors (Lipinski definition) is 2. The number of hydrogen-bond acceptors (Lipinski definition) is 11.